The lowest BCUT2D eigenvalue weighted by atomic mass is 9.85. The average Bonchev–Trinajstić information content (AvgIpc) is 2.53. The van der Waals surface area contributed by atoms with Gasteiger partial charge in [0, 0.05) is 22.9 Å². The van der Waals surface area contributed by atoms with Gasteiger partial charge >= 0.3 is 6.18 Å². The molecule has 0 heterocycles. The van der Waals surface area contributed by atoms with Crippen LogP contribution in [0.25, 0.3) is 0 Å². The number of benzene rings is 2. The Kier molecular flexibility index (Phi) is 4.97. The summed E-state index contributed by atoms with van der Waals surface area (Å²) in [6.45, 7) is 0. The maximum Gasteiger partial charge on any atom is 0.416 e. The van der Waals surface area contributed by atoms with Crippen molar-refractivity contribution in [2.45, 2.75) is 25.4 Å². The van der Waals surface area contributed by atoms with Crippen LogP contribution < -0.4 is 10.6 Å². The topological polar surface area (TPSA) is 58.2 Å². The van der Waals surface area contributed by atoms with E-state index in [0.29, 0.717) is 5.69 Å². The molecule has 0 bridgehead atoms. The molecule has 2 amide bonds. The van der Waals surface area contributed by atoms with Gasteiger partial charge in [0.2, 0.25) is 5.91 Å². The van der Waals surface area contributed by atoms with Crippen molar-refractivity contribution in [1.82, 2.24) is 0 Å². The van der Waals surface area contributed by atoms with E-state index in [1.54, 1.807) is 12.1 Å². The second kappa shape index (κ2) is 7.19. The fraction of sp³-hybridized carbons (Fsp3) is 0.263. The number of amides is 2. The molecule has 1 aliphatic rings. The van der Waals surface area contributed by atoms with Gasteiger partial charge in [-0.1, -0.05) is 18.6 Å². The van der Waals surface area contributed by atoms with E-state index >= 15 is 0 Å². The summed E-state index contributed by atoms with van der Waals surface area (Å²) >= 11 is 0. The summed E-state index contributed by atoms with van der Waals surface area (Å²) < 4.78 is 38.2. The van der Waals surface area contributed by atoms with Crippen LogP contribution in [0, 0.1) is 5.92 Å². The Labute approximate surface area is 148 Å². The van der Waals surface area contributed by atoms with Crippen LogP contribution in [0.15, 0.2) is 48.5 Å². The van der Waals surface area contributed by atoms with Gasteiger partial charge in [-0.15, -0.1) is 0 Å². The Bertz CT molecular complexity index is 830. The molecule has 1 fully saturated rings. The highest BCUT2D eigenvalue weighted by molar-refractivity contribution is 6.05. The zero-order valence-electron chi connectivity index (χ0n) is 13.8. The Morgan fingerprint density at radius 1 is 0.923 bits per heavy atom. The second-order valence-corrected chi connectivity index (χ2v) is 6.23. The van der Waals surface area contributed by atoms with Gasteiger partial charge in [-0.3, -0.25) is 9.59 Å². The summed E-state index contributed by atoms with van der Waals surface area (Å²) in [6, 6.07) is 10.7. The molecule has 2 aromatic rings. The molecule has 0 aromatic heterocycles. The molecule has 7 heteroatoms. The van der Waals surface area contributed by atoms with Crippen molar-refractivity contribution in [1.29, 1.82) is 0 Å². The highest BCUT2D eigenvalue weighted by atomic mass is 19.4. The molecular weight excluding hydrogens is 345 g/mol. The summed E-state index contributed by atoms with van der Waals surface area (Å²) in [6.07, 6.45) is -1.72. The summed E-state index contributed by atoms with van der Waals surface area (Å²) in [5.74, 6) is -0.617. The van der Waals surface area contributed by atoms with Gasteiger partial charge < -0.3 is 10.6 Å². The van der Waals surface area contributed by atoms with Crippen LogP contribution in [0.5, 0.6) is 0 Å². The molecule has 1 saturated carbocycles. The van der Waals surface area contributed by atoms with Crippen LogP contribution >= 0.6 is 0 Å². The van der Waals surface area contributed by atoms with E-state index in [4.69, 9.17) is 0 Å². The quantitative estimate of drug-likeness (QED) is 0.829. The Morgan fingerprint density at radius 3 is 2.19 bits per heavy atom. The fourth-order valence-electron chi connectivity index (χ4n) is 2.63. The first-order chi connectivity index (χ1) is 12.3. The zero-order valence-corrected chi connectivity index (χ0v) is 13.8. The minimum atomic E-state index is -4.48. The number of halogens is 3. The number of carbonyl (C=O) groups excluding carboxylic acids is 2. The lowest BCUT2D eigenvalue weighted by Crippen LogP contribution is -2.28. The normalized spacial score (nSPS) is 14.4. The third-order valence-corrected chi connectivity index (χ3v) is 4.32. The lowest BCUT2D eigenvalue weighted by Gasteiger charge is -2.24. The summed E-state index contributed by atoms with van der Waals surface area (Å²) in [7, 11) is 0. The van der Waals surface area contributed by atoms with Crippen LogP contribution in [-0.2, 0) is 11.0 Å². The van der Waals surface area contributed by atoms with E-state index in [2.05, 4.69) is 10.6 Å². The standard InChI is InChI=1S/C19H17F3N2O2/c20-19(21,22)14-7-3-9-16(11-14)24-18(26)13-6-2-8-15(10-13)23-17(25)12-4-1-5-12/h2-3,6-12H,1,4-5H2,(H,23,25)(H,24,26). The van der Waals surface area contributed by atoms with Crippen molar-refractivity contribution < 1.29 is 22.8 Å². The van der Waals surface area contributed by atoms with Gasteiger partial charge in [0.05, 0.1) is 5.56 Å². The van der Waals surface area contributed by atoms with Crippen molar-refractivity contribution in [3.05, 3.63) is 59.7 Å². The molecule has 4 nitrogen and oxygen atoms in total. The van der Waals surface area contributed by atoms with Crippen LogP contribution in [0.1, 0.15) is 35.2 Å². The van der Waals surface area contributed by atoms with Crippen molar-refractivity contribution in [3.8, 4) is 0 Å². The van der Waals surface area contributed by atoms with Crippen LogP contribution in [-0.4, -0.2) is 11.8 Å². The number of alkyl halides is 3. The number of rotatable bonds is 4. The smallest absolute Gasteiger partial charge is 0.326 e. The fourth-order valence-corrected chi connectivity index (χ4v) is 2.63. The van der Waals surface area contributed by atoms with Crippen LogP contribution in [0.4, 0.5) is 24.5 Å². The van der Waals surface area contributed by atoms with Crippen molar-refractivity contribution in [2.75, 3.05) is 10.6 Å². The Hall–Kier alpha value is -2.83. The van der Waals surface area contributed by atoms with E-state index in [1.807, 2.05) is 0 Å². The molecule has 3 rings (SSSR count). The molecule has 0 saturated heterocycles. The molecule has 26 heavy (non-hydrogen) atoms. The summed E-state index contributed by atoms with van der Waals surface area (Å²) in [4.78, 5) is 24.3. The molecule has 0 atom stereocenters. The van der Waals surface area contributed by atoms with E-state index in [0.717, 1.165) is 31.4 Å². The molecule has 0 unspecified atom stereocenters. The van der Waals surface area contributed by atoms with Gasteiger partial charge in [0.25, 0.3) is 5.91 Å². The first kappa shape index (κ1) is 18.0. The summed E-state index contributed by atoms with van der Waals surface area (Å²) in [5.41, 5.74) is -0.0574. The monoisotopic (exact) mass is 362 g/mol. The van der Waals surface area contributed by atoms with Gasteiger partial charge in [-0.05, 0) is 49.2 Å². The minimum absolute atomic E-state index is 0.0117. The third kappa shape index (κ3) is 4.22. The maximum atomic E-state index is 12.7. The molecule has 2 N–H and O–H groups in total. The maximum absolute atomic E-state index is 12.7. The first-order valence-electron chi connectivity index (χ1n) is 8.22. The number of carbonyl (C=O) groups is 2. The van der Waals surface area contributed by atoms with Gasteiger partial charge in [-0.2, -0.15) is 13.2 Å². The highest BCUT2D eigenvalue weighted by Crippen LogP contribution is 2.31. The zero-order chi connectivity index (χ0) is 18.7. The summed E-state index contributed by atoms with van der Waals surface area (Å²) in [5, 5.41) is 5.21. The molecule has 136 valence electrons. The van der Waals surface area contributed by atoms with Crippen molar-refractivity contribution in [2.24, 2.45) is 5.92 Å². The van der Waals surface area contributed by atoms with Gasteiger partial charge in [0.15, 0.2) is 0 Å². The predicted molar refractivity (Wildman–Crippen MR) is 91.8 cm³/mol. The van der Waals surface area contributed by atoms with Gasteiger partial charge in [-0.25, -0.2) is 0 Å². The minimum Gasteiger partial charge on any atom is -0.326 e. The molecule has 0 radical (unpaired) electrons. The molecule has 0 spiro atoms. The lowest BCUT2D eigenvalue weighted by molar-refractivity contribution is -0.137. The average molecular weight is 362 g/mol. The molecule has 2 aromatic carbocycles. The number of hydrogen-bond donors (Lipinski definition) is 2. The predicted octanol–water partition coefficient (Wildman–Crippen LogP) is 4.70. The van der Waals surface area contributed by atoms with E-state index in [9.17, 15) is 22.8 Å². The number of anilines is 2. The number of nitrogens with one attached hydrogen (secondary N) is 2. The Morgan fingerprint density at radius 2 is 1.58 bits per heavy atom. The van der Waals surface area contributed by atoms with E-state index in [1.165, 1.54) is 24.3 Å². The largest absolute Gasteiger partial charge is 0.416 e. The SMILES string of the molecule is O=C(Nc1cccc(C(F)(F)F)c1)c1cccc(NC(=O)C2CCC2)c1. The van der Waals surface area contributed by atoms with E-state index < -0.39 is 17.6 Å². The molecule has 0 aliphatic heterocycles. The van der Waals surface area contributed by atoms with Crippen molar-refractivity contribution in [3.63, 3.8) is 0 Å². The highest BCUT2D eigenvalue weighted by Gasteiger charge is 2.30. The van der Waals surface area contributed by atoms with Crippen molar-refractivity contribution >= 4 is 23.2 Å². The Balaban J connectivity index is 1.70. The molecule has 1 aliphatic carbocycles. The third-order valence-electron chi connectivity index (χ3n) is 4.32. The van der Waals surface area contributed by atoms with Crippen LogP contribution in [0.2, 0.25) is 0 Å². The molecular formula is C19H17F3N2O2. The van der Waals surface area contributed by atoms with E-state index in [-0.39, 0.29) is 23.1 Å². The second-order valence-electron chi connectivity index (χ2n) is 6.23. The number of hydrogen-bond acceptors (Lipinski definition) is 2. The van der Waals surface area contributed by atoms with Gasteiger partial charge in [0.1, 0.15) is 0 Å². The van der Waals surface area contributed by atoms with Crippen LogP contribution in [0.3, 0.4) is 0 Å². The first-order valence-corrected chi connectivity index (χ1v) is 8.22.